The van der Waals surface area contributed by atoms with Crippen LogP contribution in [0, 0.1) is 5.92 Å². The largest absolute Gasteiger partial charge is 0.290 e. The summed E-state index contributed by atoms with van der Waals surface area (Å²) >= 11 is 0. The summed E-state index contributed by atoms with van der Waals surface area (Å²) in [6, 6.07) is 0. The molecule has 0 saturated carbocycles. The molecule has 60 valence electrons. The van der Waals surface area contributed by atoms with E-state index in [0.717, 1.165) is 12.0 Å². The number of allylic oxidation sites excluding steroid dienone is 4. The Hall–Kier alpha value is -0.850. The minimum Gasteiger partial charge on any atom is -0.290 e. The molecule has 0 aromatic rings. The van der Waals surface area contributed by atoms with E-state index in [4.69, 9.17) is 0 Å². The molecule has 0 fully saturated rings. The quantitative estimate of drug-likeness (QED) is 0.525. The Labute approximate surface area is 67.8 Å². The number of hydrogen-bond acceptors (Lipinski definition) is 1. The molecular formula is C10H14O. The van der Waals surface area contributed by atoms with Crippen LogP contribution < -0.4 is 0 Å². The first-order valence-electron chi connectivity index (χ1n) is 4.11. The average Bonchev–Trinajstić information content (AvgIpc) is 2.26. The SMILES string of the molecule is C/C=C1\C(=O)C=C(CC)C1C. The predicted octanol–water partition coefficient (Wildman–Crippen LogP) is 2.49. The molecule has 11 heavy (non-hydrogen) atoms. The molecule has 0 heterocycles. The lowest BCUT2D eigenvalue weighted by molar-refractivity contribution is -0.111. The second kappa shape index (κ2) is 3.04. The summed E-state index contributed by atoms with van der Waals surface area (Å²) in [6.07, 6.45) is 4.69. The summed E-state index contributed by atoms with van der Waals surface area (Å²) in [5.41, 5.74) is 2.23. The van der Waals surface area contributed by atoms with Crippen LogP contribution in [0.3, 0.4) is 0 Å². The van der Waals surface area contributed by atoms with Crippen molar-refractivity contribution in [1.29, 1.82) is 0 Å². The summed E-state index contributed by atoms with van der Waals surface area (Å²) in [6.45, 7) is 6.11. The van der Waals surface area contributed by atoms with Crippen LogP contribution in [0.15, 0.2) is 23.3 Å². The number of carbonyl (C=O) groups is 1. The van der Waals surface area contributed by atoms with Gasteiger partial charge in [-0.2, -0.15) is 0 Å². The fraction of sp³-hybridized carbons (Fsp3) is 0.500. The molecule has 1 aliphatic carbocycles. The van der Waals surface area contributed by atoms with Crippen LogP contribution in [-0.2, 0) is 4.79 Å². The van der Waals surface area contributed by atoms with E-state index in [-0.39, 0.29) is 5.78 Å². The minimum atomic E-state index is 0.205. The molecule has 0 bridgehead atoms. The molecule has 0 amide bonds. The zero-order valence-electron chi connectivity index (χ0n) is 7.35. The lowest BCUT2D eigenvalue weighted by Crippen LogP contribution is -2.00. The van der Waals surface area contributed by atoms with Gasteiger partial charge in [-0.05, 0) is 19.4 Å². The van der Waals surface area contributed by atoms with Crippen LogP contribution >= 0.6 is 0 Å². The third kappa shape index (κ3) is 1.28. The van der Waals surface area contributed by atoms with Gasteiger partial charge in [0.15, 0.2) is 5.78 Å². The van der Waals surface area contributed by atoms with Gasteiger partial charge in [0.05, 0.1) is 0 Å². The molecule has 0 aromatic heterocycles. The summed E-state index contributed by atoms with van der Waals surface area (Å²) in [5.74, 6) is 0.564. The zero-order valence-corrected chi connectivity index (χ0v) is 7.35. The highest BCUT2D eigenvalue weighted by atomic mass is 16.1. The Bertz CT molecular complexity index is 233. The molecule has 1 nitrogen and oxygen atoms in total. The molecule has 0 aromatic carbocycles. The summed E-state index contributed by atoms with van der Waals surface area (Å²) in [4.78, 5) is 11.2. The molecule has 0 radical (unpaired) electrons. The van der Waals surface area contributed by atoms with E-state index in [0.29, 0.717) is 5.92 Å². The van der Waals surface area contributed by atoms with Gasteiger partial charge in [0.1, 0.15) is 0 Å². The second-order valence-corrected chi connectivity index (χ2v) is 2.90. The lowest BCUT2D eigenvalue weighted by atomic mass is 9.97. The number of ketones is 1. The van der Waals surface area contributed by atoms with Crippen molar-refractivity contribution in [1.82, 2.24) is 0 Å². The topological polar surface area (TPSA) is 17.1 Å². The van der Waals surface area contributed by atoms with E-state index in [1.165, 1.54) is 5.57 Å². The van der Waals surface area contributed by atoms with Crippen molar-refractivity contribution in [2.24, 2.45) is 5.92 Å². The number of carbonyl (C=O) groups excluding carboxylic acids is 1. The first-order chi connectivity index (χ1) is 5.20. The van der Waals surface area contributed by atoms with E-state index < -0.39 is 0 Å². The van der Waals surface area contributed by atoms with Crippen molar-refractivity contribution in [2.75, 3.05) is 0 Å². The van der Waals surface area contributed by atoms with E-state index in [1.54, 1.807) is 6.08 Å². The van der Waals surface area contributed by atoms with Crippen molar-refractivity contribution in [3.05, 3.63) is 23.3 Å². The van der Waals surface area contributed by atoms with Gasteiger partial charge in [-0.1, -0.05) is 25.5 Å². The molecule has 1 aliphatic rings. The Kier molecular flexibility index (Phi) is 2.28. The van der Waals surface area contributed by atoms with Crippen molar-refractivity contribution in [3.8, 4) is 0 Å². The second-order valence-electron chi connectivity index (χ2n) is 2.90. The summed E-state index contributed by atoms with van der Waals surface area (Å²) < 4.78 is 0. The third-order valence-corrected chi connectivity index (χ3v) is 2.34. The average molecular weight is 150 g/mol. The molecule has 1 unspecified atom stereocenters. The van der Waals surface area contributed by atoms with E-state index in [1.807, 2.05) is 13.0 Å². The normalized spacial score (nSPS) is 27.9. The highest BCUT2D eigenvalue weighted by Gasteiger charge is 2.24. The highest BCUT2D eigenvalue weighted by molar-refractivity contribution is 6.08. The monoisotopic (exact) mass is 150 g/mol. The molecule has 1 rings (SSSR count). The van der Waals surface area contributed by atoms with Gasteiger partial charge < -0.3 is 0 Å². The summed E-state index contributed by atoms with van der Waals surface area (Å²) in [7, 11) is 0. The van der Waals surface area contributed by atoms with E-state index >= 15 is 0 Å². The van der Waals surface area contributed by atoms with Crippen LogP contribution in [-0.4, -0.2) is 5.78 Å². The molecule has 0 N–H and O–H groups in total. The Morgan fingerprint density at radius 1 is 1.64 bits per heavy atom. The van der Waals surface area contributed by atoms with Crippen LogP contribution in [0.1, 0.15) is 27.2 Å². The third-order valence-electron chi connectivity index (χ3n) is 2.34. The van der Waals surface area contributed by atoms with Crippen molar-refractivity contribution in [3.63, 3.8) is 0 Å². The maximum absolute atomic E-state index is 11.2. The molecule has 1 heteroatoms. The fourth-order valence-electron chi connectivity index (χ4n) is 1.59. The summed E-state index contributed by atoms with van der Waals surface area (Å²) in [5, 5.41) is 0. The molecule has 0 saturated heterocycles. The van der Waals surface area contributed by atoms with Crippen LogP contribution in [0.5, 0.6) is 0 Å². The first kappa shape index (κ1) is 8.25. The standard InChI is InChI=1S/C10H14O/c1-4-8-6-10(11)9(5-2)7(8)3/h5-7H,4H2,1-3H3/b9-5-. The van der Waals surface area contributed by atoms with Gasteiger partial charge in [0, 0.05) is 11.5 Å². The van der Waals surface area contributed by atoms with Crippen molar-refractivity contribution in [2.45, 2.75) is 27.2 Å². The zero-order chi connectivity index (χ0) is 8.43. The number of rotatable bonds is 1. The van der Waals surface area contributed by atoms with Gasteiger partial charge >= 0.3 is 0 Å². The highest BCUT2D eigenvalue weighted by Crippen LogP contribution is 2.29. The smallest absolute Gasteiger partial charge is 0.182 e. The van der Waals surface area contributed by atoms with Crippen LogP contribution in [0.2, 0.25) is 0 Å². The molecule has 0 aliphatic heterocycles. The van der Waals surface area contributed by atoms with Gasteiger partial charge in [-0.15, -0.1) is 0 Å². The first-order valence-corrected chi connectivity index (χ1v) is 4.11. The van der Waals surface area contributed by atoms with E-state index in [9.17, 15) is 4.79 Å². The van der Waals surface area contributed by atoms with Crippen molar-refractivity contribution < 1.29 is 4.79 Å². The van der Waals surface area contributed by atoms with Gasteiger partial charge in [-0.25, -0.2) is 0 Å². The Balaban J connectivity index is 2.93. The Morgan fingerprint density at radius 2 is 2.27 bits per heavy atom. The fourth-order valence-corrected chi connectivity index (χ4v) is 1.59. The van der Waals surface area contributed by atoms with Gasteiger partial charge in [0.2, 0.25) is 0 Å². The minimum absolute atomic E-state index is 0.205. The Morgan fingerprint density at radius 3 is 2.55 bits per heavy atom. The lowest BCUT2D eigenvalue weighted by Gasteiger charge is -2.06. The van der Waals surface area contributed by atoms with Gasteiger partial charge in [-0.3, -0.25) is 4.79 Å². The molecular weight excluding hydrogens is 136 g/mol. The van der Waals surface area contributed by atoms with Crippen LogP contribution in [0.25, 0.3) is 0 Å². The van der Waals surface area contributed by atoms with Crippen molar-refractivity contribution >= 4 is 5.78 Å². The molecule has 0 spiro atoms. The van der Waals surface area contributed by atoms with E-state index in [2.05, 4.69) is 13.8 Å². The molecule has 1 atom stereocenters. The maximum Gasteiger partial charge on any atom is 0.182 e. The van der Waals surface area contributed by atoms with Gasteiger partial charge in [0.25, 0.3) is 0 Å². The van der Waals surface area contributed by atoms with Crippen LogP contribution in [0.4, 0.5) is 0 Å². The predicted molar refractivity (Wildman–Crippen MR) is 46.3 cm³/mol. The maximum atomic E-state index is 11.2. The number of hydrogen-bond donors (Lipinski definition) is 0.